The molecule has 0 aromatic heterocycles. The van der Waals surface area contributed by atoms with Crippen molar-refractivity contribution >= 4 is 40.5 Å². The van der Waals surface area contributed by atoms with Crippen molar-refractivity contribution < 1.29 is 19.2 Å². The van der Waals surface area contributed by atoms with Gasteiger partial charge in [0.25, 0.3) is 0 Å². The lowest BCUT2D eigenvalue weighted by Gasteiger charge is -2.25. The maximum absolute atomic E-state index is 11.7. The molecule has 0 radical (unpaired) electrons. The fraction of sp³-hybridized carbons (Fsp3) is 0.800. The summed E-state index contributed by atoms with van der Waals surface area (Å²) in [5.74, 6) is -1.25. The van der Waals surface area contributed by atoms with E-state index in [-0.39, 0.29) is 11.7 Å². The Balaban J connectivity index is 4.36. The largest absolute Gasteiger partial charge is 0.480 e. The minimum Gasteiger partial charge on any atom is -0.480 e. The molecule has 0 unspecified atom stereocenters. The van der Waals surface area contributed by atoms with Crippen LogP contribution in [0.15, 0.2) is 0 Å². The van der Waals surface area contributed by atoms with E-state index in [1.54, 1.807) is 13.6 Å². The molecule has 0 fully saturated rings. The Kier molecular flexibility index (Phi) is 7.44. The van der Waals surface area contributed by atoms with Crippen molar-refractivity contribution in [2.24, 2.45) is 0 Å². The summed E-state index contributed by atoms with van der Waals surface area (Å²) < 4.78 is 5.38. The first-order valence-electron chi connectivity index (χ1n) is 5.58. The summed E-state index contributed by atoms with van der Waals surface area (Å²) >= 11 is 6.51. The fourth-order valence-corrected chi connectivity index (χ4v) is 4.44. The van der Waals surface area contributed by atoms with Gasteiger partial charge < -0.3 is 14.9 Å². The van der Waals surface area contributed by atoms with Crippen LogP contribution in [0.4, 0.5) is 0 Å². The molecule has 2 N–H and O–H groups in total. The van der Waals surface area contributed by atoms with Gasteiger partial charge in [0, 0.05) is 6.61 Å². The van der Waals surface area contributed by atoms with Crippen LogP contribution < -0.4 is 5.32 Å². The highest BCUT2D eigenvalue weighted by Crippen LogP contribution is 2.56. The van der Waals surface area contributed by atoms with Gasteiger partial charge in [-0.2, -0.15) is 0 Å². The van der Waals surface area contributed by atoms with Gasteiger partial charge in [-0.1, -0.05) is 30.1 Å². The van der Waals surface area contributed by atoms with Crippen LogP contribution in [0.25, 0.3) is 0 Å². The molecule has 0 spiro atoms. The first-order chi connectivity index (χ1) is 8.17. The van der Waals surface area contributed by atoms with Crippen LogP contribution in [0.5, 0.6) is 0 Å². The predicted molar refractivity (Wildman–Crippen MR) is 78.8 cm³/mol. The van der Waals surface area contributed by atoms with Crippen molar-refractivity contribution in [2.45, 2.75) is 32.7 Å². The Labute approximate surface area is 117 Å². The Morgan fingerprint density at radius 3 is 2.44 bits per heavy atom. The number of carbonyl (C=O) groups excluding carboxylic acids is 1. The van der Waals surface area contributed by atoms with Crippen LogP contribution in [-0.2, 0) is 25.9 Å². The van der Waals surface area contributed by atoms with Crippen molar-refractivity contribution in [3.8, 4) is 0 Å². The number of aliphatic carboxylic acids is 1. The molecule has 0 rings (SSSR count). The third-order valence-corrected chi connectivity index (χ3v) is 7.35. The standard InChI is InChI=1S/C10H20NO4PS2/c1-5-10(3,9(13)14)11-8(12)7-18-16(4,17)15-6-2/h5-7H2,1-4H3,(H,11,12)(H,13,14)/t10-,16-/m1/s1. The van der Waals surface area contributed by atoms with Crippen LogP contribution in [0, 0.1) is 0 Å². The van der Waals surface area contributed by atoms with Crippen LogP contribution >= 0.6 is 16.8 Å². The van der Waals surface area contributed by atoms with E-state index in [4.69, 9.17) is 21.4 Å². The van der Waals surface area contributed by atoms with Crippen LogP contribution in [-0.4, -0.2) is 41.5 Å². The van der Waals surface area contributed by atoms with Crippen molar-refractivity contribution in [1.82, 2.24) is 5.32 Å². The minimum absolute atomic E-state index is 0.122. The molecule has 8 heteroatoms. The first-order valence-corrected chi connectivity index (χ1v) is 10.3. The summed E-state index contributed by atoms with van der Waals surface area (Å²) in [6.45, 7) is 7.38. The predicted octanol–water partition coefficient (Wildman–Crippen LogP) is 2.06. The van der Waals surface area contributed by atoms with Crippen LogP contribution in [0.1, 0.15) is 27.2 Å². The maximum atomic E-state index is 11.7. The summed E-state index contributed by atoms with van der Waals surface area (Å²) in [5, 5.41) is 11.5. The number of hydrogen-bond donors (Lipinski definition) is 2. The monoisotopic (exact) mass is 313 g/mol. The molecule has 5 nitrogen and oxygen atoms in total. The molecule has 18 heavy (non-hydrogen) atoms. The average Bonchev–Trinajstić information content (AvgIpc) is 2.26. The van der Waals surface area contributed by atoms with E-state index < -0.39 is 17.0 Å². The highest BCUT2D eigenvalue weighted by Gasteiger charge is 2.32. The summed E-state index contributed by atoms with van der Waals surface area (Å²) in [6, 6.07) is 0. The molecular weight excluding hydrogens is 293 g/mol. The second kappa shape index (κ2) is 7.48. The highest BCUT2D eigenvalue weighted by atomic mass is 32.9. The summed E-state index contributed by atoms with van der Waals surface area (Å²) in [7, 11) is 0. The van der Waals surface area contributed by atoms with Gasteiger partial charge in [0.2, 0.25) is 5.91 Å². The van der Waals surface area contributed by atoms with Crippen molar-refractivity contribution in [3.63, 3.8) is 0 Å². The van der Waals surface area contributed by atoms with Crippen molar-refractivity contribution in [1.29, 1.82) is 0 Å². The van der Waals surface area contributed by atoms with Gasteiger partial charge >= 0.3 is 5.97 Å². The summed E-state index contributed by atoms with van der Waals surface area (Å²) in [6.07, 6.45) is 0.324. The molecule has 0 aliphatic carbocycles. The van der Waals surface area contributed by atoms with Gasteiger partial charge in [-0.3, -0.25) is 4.79 Å². The molecule has 1 amide bonds. The number of nitrogens with one attached hydrogen (secondary N) is 1. The van der Waals surface area contributed by atoms with Crippen molar-refractivity contribution in [2.75, 3.05) is 19.0 Å². The Hall–Kier alpha value is -0.100. The molecule has 106 valence electrons. The number of carboxylic acid groups (broad SMARTS) is 1. The quantitative estimate of drug-likeness (QED) is 0.668. The maximum Gasteiger partial charge on any atom is 0.329 e. The van der Waals surface area contributed by atoms with Crippen LogP contribution in [0.3, 0.4) is 0 Å². The first kappa shape index (κ1) is 17.9. The van der Waals surface area contributed by atoms with Gasteiger partial charge in [-0.25, -0.2) is 4.79 Å². The molecule has 0 aromatic rings. The van der Waals surface area contributed by atoms with Gasteiger partial charge in [0.15, 0.2) is 0 Å². The number of rotatable bonds is 8. The van der Waals surface area contributed by atoms with Gasteiger partial charge in [0.05, 0.1) is 5.75 Å². The van der Waals surface area contributed by atoms with E-state index >= 15 is 0 Å². The van der Waals surface area contributed by atoms with E-state index in [1.165, 1.54) is 18.3 Å². The van der Waals surface area contributed by atoms with E-state index in [1.807, 2.05) is 6.92 Å². The zero-order valence-electron chi connectivity index (χ0n) is 11.1. The molecule has 0 saturated carbocycles. The normalized spacial score (nSPS) is 17.6. The summed E-state index contributed by atoms with van der Waals surface area (Å²) in [4.78, 5) is 22.7. The minimum atomic E-state index is -2.00. The molecule has 0 saturated heterocycles. The zero-order valence-corrected chi connectivity index (χ0v) is 13.6. The molecule has 0 aliphatic heterocycles. The lowest BCUT2D eigenvalue weighted by Crippen LogP contribution is -2.52. The number of hydrogen-bond acceptors (Lipinski definition) is 5. The molecule has 0 aliphatic rings. The van der Waals surface area contributed by atoms with E-state index in [0.717, 1.165) is 0 Å². The number of carbonyl (C=O) groups is 2. The van der Waals surface area contributed by atoms with Gasteiger partial charge in [-0.15, -0.1) is 0 Å². The lowest BCUT2D eigenvalue weighted by molar-refractivity contribution is -0.146. The zero-order chi connectivity index (χ0) is 14.4. The Bertz CT molecular complexity index is 364. The van der Waals surface area contributed by atoms with E-state index in [2.05, 4.69) is 5.32 Å². The van der Waals surface area contributed by atoms with Gasteiger partial charge in [0.1, 0.15) is 11.0 Å². The second-order valence-corrected chi connectivity index (χ2v) is 12.0. The van der Waals surface area contributed by atoms with E-state index in [9.17, 15) is 9.59 Å². The molecule has 0 heterocycles. The lowest BCUT2D eigenvalue weighted by atomic mass is 9.99. The SMILES string of the molecule is CCO[P@](C)(=S)SCC(=O)N[C@](C)(CC)C(=O)O. The number of carboxylic acids is 1. The summed E-state index contributed by atoms with van der Waals surface area (Å²) in [5.41, 5.74) is -3.22. The molecule has 0 aromatic carbocycles. The van der Waals surface area contributed by atoms with Crippen molar-refractivity contribution in [3.05, 3.63) is 0 Å². The average molecular weight is 313 g/mol. The van der Waals surface area contributed by atoms with Crippen LogP contribution in [0.2, 0.25) is 0 Å². The topological polar surface area (TPSA) is 75.6 Å². The third kappa shape index (κ3) is 6.18. The highest BCUT2D eigenvalue weighted by molar-refractivity contribution is 8.69. The molecule has 0 bridgehead atoms. The third-order valence-electron chi connectivity index (χ3n) is 2.39. The second-order valence-electron chi connectivity index (χ2n) is 4.00. The molecular formula is C10H20NO4PS2. The number of amides is 1. The smallest absolute Gasteiger partial charge is 0.329 e. The van der Waals surface area contributed by atoms with E-state index in [0.29, 0.717) is 13.0 Å². The molecule has 2 atom stereocenters. The fourth-order valence-electron chi connectivity index (χ4n) is 1.08. The Morgan fingerprint density at radius 1 is 1.50 bits per heavy atom. The Morgan fingerprint density at radius 2 is 2.06 bits per heavy atom. The van der Waals surface area contributed by atoms with Gasteiger partial charge in [-0.05, 0) is 26.9 Å².